The van der Waals surface area contributed by atoms with Gasteiger partial charge >= 0.3 is 18.9 Å². The van der Waals surface area contributed by atoms with Gasteiger partial charge in [-0.3, -0.25) is 0 Å². The van der Waals surface area contributed by atoms with E-state index in [0.717, 1.165) is 19.3 Å². The summed E-state index contributed by atoms with van der Waals surface area (Å²) in [7, 11) is 0. The Labute approximate surface area is 62.0 Å². The zero-order valence-corrected chi connectivity index (χ0v) is 5.26. The minimum Gasteiger partial charge on any atom is -0.849 e. The third-order valence-electron chi connectivity index (χ3n) is 1.21. The largest absolute Gasteiger partial charge is 1.00 e. The first-order valence-corrected chi connectivity index (χ1v) is 2.72. The van der Waals surface area contributed by atoms with Crippen molar-refractivity contribution >= 4 is 0 Å². The zero-order valence-electron chi connectivity index (χ0n) is 5.26. The Hall–Kier alpha value is 0.297. The summed E-state index contributed by atoms with van der Waals surface area (Å²) in [6.07, 6.45) is 6.37. The van der Waals surface area contributed by atoms with E-state index in [9.17, 15) is 5.11 Å². The van der Waals surface area contributed by atoms with E-state index >= 15 is 0 Å². The smallest absolute Gasteiger partial charge is 0.849 e. The Morgan fingerprint density at radius 1 is 1.50 bits per heavy atom. The first-order valence-electron chi connectivity index (χ1n) is 2.72. The minimum atomic E-state index is -0.395. The third kappa shape index (κ3) is 2.57. The van der Waals surface area contributed by atoms with Crippen molar-refractivity contribution in [3.8, 4) is 0 Å². The van der Waals surface area contributed by atoms with E-state index in [1.165, 1.54) is 0 Å². The van der Waals surface area contributed by atoms with Crippen molar-refractivity contribution in [2.75, 3.05) is 0 Å². The Morgan fingerprint density at radius 2 is 2.25 bits per heavy atom. The Morgan fingerprint density at radius 3 is 2.50 bits per heavy atom. The molecule has 1 aliphatic carbocycles. The Kier molecular flexibility index (Phi) is 4.36. The second-order valence-corrected chi connectivity index (χ2v) is 1.90. The molecule has 1 nitrogen and oxygen atoms in total. The first-order chi connectivity index (χ1) is 3.39. The van der Waals surface area contributed by atoms with Gasteiger partial charge in [0.05, 0.1) is 0 Å². The van der Waals surface area contributed by atoms with Crippen molar-refractivity contribution in [3.05, 3.63) is 12.2 Å². The van der Waals surface area contributed by atoms with Gasteiger partial charge < -0.3 is 5.11 Å². The van der Waals surface area contributed by atoms with Crippen molar-refractivity contribution < 1.29 is 24.0 Å². The van der Waals surface area contributed by atoms with Crippen molar-refractivity contribution in [1.29, 1.82) is 0 Å². The van der Waals surface area contributed by atoms with Crippen molar-refractivity contribution in [2.24, 2.45) is 0 Å². The second-order valence-electron chi connectivity index (χ2n) is 1.90. The monoisotopic (exact) mass is 104 g/mol. The van der Waals surface area contributed by atoms with Crippen LogP contribution in [0.5, 0.6) is 0 Å². The van der Waals surface area contributed by atoms with Crippen molar-refractivity contribution in [1.82, 2.24) is 0 Å². The molecule has 1 rings (SSSR count). The molecule has 0 aromatic carbocycles. The number of hydrogen-bond donors (Lipinski definition) is 0. The number of rotatable bonds is 0. The van der Waals surface area contributed by atoms with Crippen LogP contribution in [0.1, 0.15) is 19.3 Å². The molecule has 0 unspecified atom stereocenters. The average molecular weight is 104 g/mol. The molecule has 0 aromatic rings. The molecule has 0 spiro atoms. The molecular formula is C6H9LiO. The summed E-state index contributed by atoms with van der Waals surface area (Å²) in [6.45, 7) is 0. The van der Waals surface area contributed by atoms with E-state index in [1.54, 1.807) is 6.08 Å². The predicted octanol–water partition coefficient (Wildman–Crippen LogP) is -2.54. The van der Waals surface area contributed by atoms with Crippen LogP contribution < -0.4 is 24.0 Å². The summed E-state index contributed by atoms with van der Waals surface area (Å²) in [5, 5.41) is 10.5. The fraction of sp³-hybridized carbons (Fsp3) is 0.667. The summed E-state index contributed by atoms with van der Waals surface area (Å²) in [6, 6.07) is 0. The molecule has 8 heavy (non-hydrogen) atoms. The standard InChI is InChI=1S/C6H9O.Li/c7-6-4-2-1-3-5-6;/h2,4,6H,1,3,5H2;/q-1;+1/t6-;/m1./s1. The van der Waals surface area contributed by atoms with Crippen LogP contribution in [-0.4, -0.2) is 6.10 Å². The van der Waals surface area contributed by atoms with Crippen LogP contribution in [0.25, 0.3) is 0 Å². The molecule has 0 aliphatic heterocycles. The molecule has 1 aliphatic rings. The van der Waals surface area contributed by atoms with Crippen LogP contribution in [0.2, 0.25) is 0 Å². The third-order valence-corrected chi connectivity index (χ3v) is 1.21. The van der Waals surface area contributed by atoms with E-state index in [0.29, 0.717) is 0 Å². The van der Waals surface area contributed by atoms with E-state index in [4.69, 9.17) is 0 Å². The molecule has 0 bridgehead atoms. The molecule has 0 fully saturated rings. The van der Waals surface area contributed by atoms with E-state index in [2.05, 4.69) is 0 Å². The van der Waals surface area contributed by atoms with Crippen LogP contribution in [0.4, 0.5) is 0 Å². The van der Waals surface area contributed by atoms with Gasteiger partial charge in [-0.05, 0) is 6.42 Å². The molecule has 0 aromatic heterocycles. The predicted molar refractivity (Wildman–Crippen MR) is 26.8 cm³/mol. The SMILES string of the molecule is [Li+].[O-][C@@H]1C=CCCC1. The maximum Gasteiger partial charge on any atom is 1.00 e. The van der Waals surface area contributed by atoms with E-state index in [-0.39, 0.29) is 18.9 Å². The molecule has 0 amide bonds. The van der Waals surface area contributed by atoms with Gasteiger partial charge in [-0.1, -0.05) is 18.9 Å². The van der Waals surface area contributed by atoms with Crippen LogP contribution in [0.3, 0.4) is 0 Å². The normalized spacial score (nSPS) is 26.9. The van der Waals surface area contributed by atoms with Gasteiger partial charge in [-0.15, -0.1) is 12.2 Å². The number of allylic oxidation sites excluding steroid dienone is 1. The van der Waals surface area contributed by atoms with Gasteiger partial charge in [0.2, 0.25) is 0 Å². The van der Waals surface area contributed by atoms with Gasteiger partial charge in [0.25, 0.3) is 0 Å². The first kappa shape index (κ1) is 8.30. The van der Waals surface area contributed by atoms with Gasteiger partial charge in [0, 0.05) is 0 Å². The molecule has 0 N–H and O–H groups in total. The van der Waals surface area contributed by atoms with Gasteiger partial charge in [-0.2, -0.15) is 0 Å². The fourth-order valence-electron chi connectivity index (χ4n) is 0.781. The second kappa shape index (κ2) is 4.20. The number of hydrogen-bond acceptors (Lipinski definition) is 1. The van der Waals surface area contributed by atoms with Crippen LogP contribution in [0.15, 0.2) is 12.2 Å². The van der Waals surface area contributed by atoms with Crippen LogP contribution in [-0.2, 0) is 0 Å². The molecule has 0 saturated heterocycles. The van der Waals surface area contributed by atoms with Gasteiger partial charge in [0.15, 0.2) is 0 Å². The van der Waals surface area contributed by atoms with Gasteiger partial charge in [0.1, 0.15) is 0 Å². The zero-order chi connectivity index (χ0) is 5.11. The molecule has 0 saturated carbocycles. The van der Waals surface area contributed by atoms with Crippen LogP contribution in [0, 0.1) is 0 Å². The Bertz CT molecular complexity index is 80.6. The summed E-state index contributed by atoms with van der Waals surface area (Å²) in [5.41, 5.74) is 0. The summed E-state index contributed by atoms with van der Waals surface area (Å²) in [5.74, 6) is 0. The fourth-order valence-corrected chi connectivity index (χ4v) is 0.781. The van der Waals surface area contributed by atoms with E-state index < -0.39 is 6.10 Å². The van der Waals surface area contributed by atoms with E-state index in [1.807, 2.05) is 6.08 Å². The molecule has 40 valence electrons. The van der Waals surface area contributed by atoms with Crippen molar-refractivity contribution in [2.45, 2.75) is 25.4 Å². The van der Waals surface area contributed by atoms with Gasteiger partial charge in [-0.25, -0.2) is 0 Å². The molecule has 0 heterocycles. The topological polar surface area (TPSA) is 23.1 Å². The van der Waals surface area contributed by atoms with Crippen molar-refractivity contribution in [3.63, 3.8) is 0 Å². The molecular weight excluding hydrogens is 95.0 g/mol. The molecule has 1 atom stereocenters. The summed E-state index contributed by atoms with van der Waals surface area (Å²) >= 11 is 0. The maximum absolute atomic E-state index is 10.5. The molecule has 2 heteroatoms. The molecule has 0 radical (unpaired) electrons. The summed E-state index contributed by atoms with van der Waals surface area (Å²) < 4.78 is 0. The minimum absolute atomic E-state index is 0. The Balaban J connectivity index is 0.000000490. The maximum atomic E-state index is 10.5. The van der Waals surface area contributed by atoms with Crippen LogP contribution >= 0.6 is 0 Å². The average Bonchev–Trinajstić information content (AvgIpc) is 1.69. The quantitative estimate of drug-likeness (QED) is 0.245. The summed E-state index contributed by atoms with van der Waals surface area (Å²) in [4.78, 5) is 0.